The molecule has 2 heteroatoms. The van der Waals surface area contributed by atoms with Crippen molar-refractivity contribution in [2.24, 2.45) is 0 Å². The minimum Gasteiger partial charge on any atom is -0.305 e. The number of carbonyl (C=O) groups excluding carboxylic acids is 1. The molecule has 0 saturated heterocycles. The summed E-state index contributed by atoms with van der Waals surface area (Å²) in [4.78, 5) is 10.4. The molecule has 0 atom stereocenters. The van der Waals surface area contributed by atoms with Crippen molar-refractivity contribution < 1.29 is 4.79 Å². The van der Waals surface area contributed by atoms with E-state index in [2.05, 4.69) is 12.2 Å². The summed E-state index contributed by atoms with van der Waals surface area (Å²) in [5.74, 6) is 0. The topological polar surface area (TPSA) is 29.1 Å². The highest BCUT2D eigenvalue weighted by Crippen LogP contribution is 2.32. The van der Waals surface area contributed by atoms with Crippen LogP contribution in [-0.4, -0.2) is 18.4 Å². The molecule has 0 spiro atoms. The minimum absolute atomic E-state index is 0.0881. The maximum absolute atomic E-state index is 10.4. The summed E-state index contributed by atoms with van der Waals surface area (Å²) in [7, 11) is 0. The number of aldehydes is 1. The van der Waals surface area contributed by atoms with Gasteiger partial charge in [0.2, 0.25) is 0 Å². The van der Waals surface area contributed by atoms with Gasteiger partial charge in [-0.05, 0) is 25.8 Å². The SMILES string of the molecule is CCCCNC1(C=O)CC1. The number of rotatable bonds is 5. The minimum atomic E-state index is -0.0881. The van der Waals surface area contributed by atoms with Gasteiger partial charge < -0.3 is 10.1 Å². The van der Waals surface area contributed by atoms with E-state index in [0.717, 1.165) is 25.7 Å². The second-order valence-corrected chi connectivity index (χ2v) is 3.05. The van der Waals surface area contributed by atoms with Gasteiger partial charge in [-0.3, -0.25) is 0 Å². The molecule has 0 aromatic carbocycles. The van der Waals surface area contributed by atoms with Crippen LogP contribution in [0.4, 0.5) is 0 Å². The maximum Gasteiger partial charge on any atom is 0.140 e. The molecule has 1 rings (SSSR count). The Morgan fingerprint density at radius 2 is 2.30 bits per heavy atom. The first-order chi connectivity index (χ1) is 4.83. The summed E-state index contributed by atoms with van der Waals surface area (Å²) in [6.07, 6.45) is 5.51. The average molecular weight is 141 g/mol. The Hall–Kier alpha value is -0.370. The first kappa shape index (κ1) is 7.73. The molecule has 10 heavy (non-hydrogen) atoms. The molecule has 0 aromatic rings. The fourth-order valence-corrected chi connectivity index (χ4v) is 0.985. The number of hydrogen-bond acceptors (Lipinski definition) is 2. The summed E-state index contributed by atoms with van der Waals surface area (Å²) < 4.78 is 0. The van der Waals surface area contributed by atoms with Gasteiger partial charge in [-0.25, -0.2) is 0 Å². The molecule has 0 aromatic heterocycles. The van der Waals surface area contributed by atoms with Gasteiger partial charge in [-0.1, -0.05) is 13.3 Å². The molecule has 0 aliphatic heterocycles. The molecule has 0 radical (unpaired) electrons. The molecule has 1 N–H and O–H groups in total. The fourth-order valence-electron chi connectivity index (χ4n) is 0.985. The Morgan fingerprint density at radius 1 is 1.60 bits per heavy atom. The maximum atomic E-state index is 10.4. The zero-order chi connectivity index (χ0) is 7.45. The lowest BCUT2D eigenvalue weighted by Gasteiger charge is -2.07. The number of carbonyl (C=O) groups is 1. The Labute approximate surface area is 62.0 Å². The first-order valence-electron chi connectivity index (χ1n) is 4.04. The van der Waals surface area contributed by atoms with E-state index in [0.29, 0.717) is 0 Å². The van der Waals surface area contributed by atoms with E-state index in [4.69, 9.17) is 0 Å². The number of nitrogens with one attached hydrogen (secondary N) is 1. The van der Waals surface area contributed by atoms with Gasteiger partial charge in [-0.15, -0.1) is 0 Å². The van der Waals surface area contributed by atoms with Gasteiger partial charge >= 0.3 is 0 Å². The van der Waals surface area contributed by atoms with E-state index < -0.39 is 0 Å². The van der Waals surface area contributed by atoms with Crippen LogP contribution in [0.25, 0.3) is 0 Å². The summed E-state index contributed by atoms with van der Waals surface area (Å²) >= 11 is 0. The van der Waals surface area contributed by atoms with Crippen molar-refractivity contribution in [1.82, 2.24) is 5.32 Å². The molecular weight excluding hydrogens is 126 g/mol. The quantitative estimate of drug-likeness (QED) is 0.459. The van der Waals surface area contributed by atoms with Crippen LogP contribution in [0.5, 0.6) is 0 Å². The van der Waals surface area contributed by atoms with Gasteiger partial charge in [-0.2, -0.15) is 0 Å². The van der Waals surface area contributed by atoms with E-state index in [1.807, 2.05) is 0 Å². The normalized spacial score (nSPS) is 20.5. The van der Waals surface area contributed by atoms with Gasteiger partial charge in [0, 0.05) is 0 Å². The van der Waals surface area contributed by atoms with Crippen LogP contribution in [0.2, 0.25) is 0 Å². The van der Waals surface area contributed by atoms with Crippen molar-refractivity contribution in [3.63, 3.8) is 0 Å². The van der Waals surface area contributed by atoms with E-state index in [1.54, 1.807) is 0 Å². The van der Waals surface area contributed by atoms with Crippen molar-refractivity contribution >= 4 is 6.29 Å². The van der Waals surface area contributed by atoms with Crippen molar-refractivity contribution in [3.05, 3.63) is 0 Å². The molecule has 0 bridgehead atoms. The highest BCUT2D eigenvalue weighted by molar-refractivity contribution is 5.68. The standard InChI is InChI=1S/C8H15NO/c1-2-3-6-9-8(7-10)4-5-8/h7,9H,2-6H2,1H3. The average Bonchev–Trinajstić information content (AvgIpc) is 2.70. The number of hydrogen-bond donors (Lipinski definition) is 1. The summed E-state index contributed by atoms with van der Waals surface area (Å²) in [6, 6.07) is 0. The molecule has 58 valence electrons. The third-order valence-electron chi connectivity index (χ3n) is 2.02. The third kappa shape index (κ3) is 1.81. The summed E-state index contributed by atoms with van der Waals surface area (Å²) in [5, 5.41) is 3.25. The Kier molecular flexibility index (Phi) is 2.44. The smallest absolute Gasteiger partial charge is 0.140 e. The zero-order valence-corrected chi connectivity index (χ0v) is 6.52. The molecule has 0 unspecified atom stereocenters. The highest BCUT2D eigenvalue weighted by Gasteiger charge is 2.41. The summed E-state index contributed by atoms with van der Waals surface area (Å²) in [6.45, 7) is 3.15. The van der Waals surface area contributed by atoms with Crippen molar-refractivity contribution in [1.29, 1.82) is 0 Å². The van der Waals surface area contributed by atoms with Crippen LogP contribution in [0, 0.1) is 0 Å². The zero-order valence-electron chi connectivity index (χ0n) is 6.52. The van der Waals surface area contributed by atoms with Crippen LogP contribution in [-0.2, 0) is 4.79 Å². The van der Waals surface area contributed by atoms with E-state index in [-0.39, 0.29) is 5.54 Å². The van der Waals surface area contributed by atoms with Crippen molar-refractivity contribution in [2.75, 3.05) is 6.54 Å². The predicted octanol–water partition coefficient (Wildman–Crippen LogP) is 1.11. The van der Waals surface area contributed by atoms with Crippen LogP contribution in [0.1, 0.15) is 32.6 Å². The van der Waals surface area contributed by atoms with Crippen molar-refractivity contribution in [3.8, 4) is 0 Å². The molecule has 1 aliphatic rings. The van der Waals surface area contributed by atoms with Gasteiger partial charge in [0.15, 0.2) is 0 Å². The van der Waals surface area contributed by atoms with Gasteiger partial charge in [0.1, 0.15) is 6.29 Å². The van der Waals surface area contributed by atoms with E-state index in [1.165, 1.54) is 12.8 Å². The van der Waals surface area contributed by atoms with Crippen LogP contribution in [0.3, 0.4) is 0 Å². The molecule has 0 heterocycles. The van der Waals surface area contributed by atoms with Gasteiger partial charge in [0.05, 0.1) is 5.54 Å². The molecule has 1 aliphatic carbocycles. The van der Waals surface area contributed by atoms with Crippen molar-refractivity contribution in [2.45, 2.75) is 38.1 Å². The number of unbranched alkanes of at least 4 members (excludes halogenated alkanes) is 1. The lowest BCUT2D eigenvalue weighted by Crippen LogP contribution is -2.33. The van der Waals surface area contributed by atoms with E-state index >= 15 is 0 Å². The fraction of sp³-hybridized carbons (Fsp3) is 0.875. The van der Waals surface area contributed by atoms with Gasteiger partial charge in [0.25, 0.3) is 0 Å². The second-order valence-electron chi connectivity index (χ2n) is 3.05. The Bertz CT molecular complexity index is 118. The molecular formula is C8H15NO. The first-order valence-corrected chi connectivity index (χ1v) is 4.04. The lowest BCUT2D eigenvalue weighted by molar-refractivity contribution is -0.110. The molecule has 0 amide bonds. The molecule has 2 nitrogen and oxygen atoms in total. The largest absolute Gasteiger partial charge is 0.305 e. The molecule has 1 fully saturated rings. The molecule has 1 saturated carbocycles. The lowest BCUT2D eigenvalue weighted by atomic mass is 10.3. The monoisotopic (exact) mass is 141 g/mol. The third-order valence-corrected chi connectivity index (χ3v) is 2.02. The highest BCUT2D eigenvalue weighted by atomic mass is 16.1. The Morgan fingerprint density at radius 3 is 2.70 bits per heavy atom. The van der Waals surface area contributed by atoms with Crippen LogP contribution >= 0.6 is 0 Å². The van der Waals surface area contributed by atoms with Crippen LogP contribution in [0.15, 0.2) is 0 Å². The Balaban J connectivity index is 2.07. The predicted molar refractivity (Wildman–Crippen MR) is 40.9 cm³/mol. The van der Waals surface area contributed by atoms with E-state index in [9.17, 15) is 4.79 Å². The second kappa shape index (κ2) is 3.15. The van der Waals surface area contributed by atoms with Crippen LogP contribution < -0.4 is 5.32 Å². The summed E-state index contributed by atoms with van der Waals surface area (Å²) in [5.41, 5.74) is -0.0881.